The summed E-state index contributed by atoms with van der Waals surface area (Å²) in [4.78, 5) is 0. The van der Waals surface area contributed by atoms with E-state index in [2.05, 4.69) is 0 Å². The van der Waals surface area contributed by atoms with E-state index in [0.717, 1.165) is 11.1 Å². The number of hydrogen-bond acceptors (Lipinski definition) is 3. The molecule has 4 heteroatoms. The molecule has 21 heavy (non-hydrogen) atoms. The first-order chi connectivity index (χ1) is 10.2. The Balaban J connectivity index is 2.12. The van der Waals surface area contributed by atoms with Crippen molar-refractivity contribution in [1.29, 1.82) is 0 Å². The largest absolute Gasteiger partial charge is 0.494 e. The fourth-order valence-electron chi connectivity index (χ4n) is 2.42. The SMILES string of the molecule is COc1ccc(CC(N)C(OC)c2ccccc2)cc1F. The minimum absolute atomic E-state index is 0.226. The molecule has 0 fully saturated rings. The summed E-state index contributed by atoms with van der Waals surface area (Å²) >= 11 is 0. The van der Waals surface area contributed by atoms with Crippen LogP contribution in [0.2, 0.25) is 0 Å². The second-order valence-corrected chi connectivity index (χ2v) is 4.90. The first kappa shape index (κ1) is 15.5. The van der Waals surface area contributed by atoms with Crippen LogP contribution < -0.4 is 10.5 Å². The topological polar surface area (TPSA) is 44.5 Å². The van der Waals surface area contributed by atoms with Gasteiger partial charge in [0.25, 0.3) is 0 Å². The molecule has 0 aliphatic carbocycles. The Hall–Kier alpha value is -1.91. The third-order valence-electron chi connectivity index (χ3n) is 3.46. The van der Waals surface area contributed by atoms with Crippen molar-refractivity contribution in [3.8, 4) is 5.75 Å². The van der Waals surface area contributed by atoms with Gasteiger partial charge < -0.3 is 15.2 Å². The van der Waals surface area contributed by atoms with Crippen LogP contribution in [0.3, 0.4) is 0 Å². The summed E-state index contributed by atoms with van der Waals surface area (Å²) in [6.45, 7) is 0. The van der Waals surface area contributed by atoms with Gasteiger partial charge in [0.15, 0.2) is 11.6 Å². The van der Waals surface area contributed by atoms with E-state index >= 15 is 0 Å². The number of benzene rings is 2. The molecule has 112 valence electrons. The second kappa shape index (κ2) is 7.20. The molecule has 2 unspecified atom stereocenters. The van der Waals surface area contributed by atoms with Crippen LogP contribution in [0.5, 0.6) is 5.75 Å². The fraction of sp³-hybridized carbons (Fsp3) is 0.294. The maximum Gasteiger partial charge on any atom is 0.165 e. The molecule has 0 bridgehead atoms. The number of ether oxygens (including phenoxy) is 2. The lowest BCUT2D eigenvalue weighted by molar-refractivity contribution is 0.0802. The summed E-state index contributed by atoms with van der Waals surface area (Å²) in [6.07, 6.45) is 0.297. The third kappa shape index (κ3) is 3.80. The molecule has 2 aromatic carbocycles. The van der Waals surface area contributed by atoms with Crippen molar-refractivity contribution in [2.24, 2.45) is 5.73 Å². The van der Waals surface area contributed by atoms with Gasteiger partial charge in [-0.25, -0.2) is 4.39 Å². The van der Waals surface area contributed by atoms with E-state index in [-0.39, 0.29) is 23.7 Å². The monoisotopic (exact) mass is 289 g/mol. The minimum Gasteiger partial charge on any atom is -0.494 e. The molecule has 2 N–H and O–H groups in total. The molecular weight excluding hydrogens is 269 g/mol. The summed E-state index contributed by atoms with van der Waals surface area (Å²) in [5, 5.41) is 0. The lowest BCUT2D eigenvalue weighted by Gasteiger charge is -2.23. The predicted molar refractivity (Wildman–Crippen MR) is 80.8 cm³/mol. The zero-order valence-corrected chi connectivity index (χ0v) is 12.3. The van der Waals surface area contributed by atoms with E-state index < -0.39 is 0 Å². The molecular formula is C17H20FNO2. The molecule has 0 radical (unpaired) electrons. The van der Waals surface area contributed by atoms with Crippen LogP contribution >= 0.6 is 0 Å². The van der Waals surface area contributed by atoms with Crippen LogP contribution in [-0.4, -0.2) is 20.3 Å². The third-order valence-corrected chi connectivity index (χ3v) is 3.46. The van der Waals surface area contributed by atoms with Gasteiger partial charge in [-0.15, -0.1) is 0 Å². The van der Waals surface area contributed by atoms with Crippen molar-refractivity contribution in [1.82, 2.24) is 0 Å². The van der Waals surface area contributed by atoms with Gasteiger partial charge in [-0.3, -0.25) is 0 Å². The van der Waals surface area contributed by atoms with Crippen LogP contribution in [0.1, 0.15) is 17.2 Å². The van der Waals surface area contributed by atoms with Gasteiger partial charge in [0.1, 0.15) is 0 Å². The molecule has 0 saturated carbocycles. The van der Waals surface area contributed by atoms with Crippen molar-refractivity contribution in [2.75, 3.05) is 14.2 Å². The van der Waals surface area contributed by atoms with Crippen LogP contribution in [0.25, 0.3) is 0 Å². The van der Waals surface area contributed by atoms with Gasteiger partial charge in [-0.1, -0.05) is 36.4 Å². The Morgan fingerprint density at radius 1 is 1.10 bits per heavy atom. The van der Waals surface area contributed by atoms with E-state index in [1.807, 2.05) is 36.4 Å². The molecule has 0 spiro atoms. The molecule has 0 aliphatic heterocycles. The van der Waals surface area contributed by atoms with Gasteiger partial charge in [0.05, 0.1) is 13.2 Å². The highest BCUT2D eigenvalue weighted by Gasteiger charge is 2.20. The highest BCUT2D eigenvalue weighted by molar-refractivity contribution is 5.30. The van der Waals surface area contributed by atoms with Gasteiger partial charge >= 0.3 is 0 Å². The zero-order chi connectivity index (χ0) is 15.2. The molecule has 0 amide bonds. The Morgan fingerprint density at radius 3 is 2.38 bits per heavy atom. The molecule has 3 nitrogen and oxygen atoms in total. The second-order valence-electron chi connectivity index (χ2n) is 4.90. The Labute approximate surface area is 124 Å². The quantitative estimate of drug-likeness (QED) is 0.888. The number of halogens is 1. The summed E-state index contributed by atoms with van der Waals surface area (Å²) in [7, 11) is 3.08. The van der Waals surface area contributed by atoms with E-state index in [1.54, 1.807) is 13.2 Å². The van der Waals surface area contributed by atoms with Gasteiger partial charge in [0.2, 0.25) is 0 Å². The number of nitrogens with two attached hydrogens (primary N) is 1. The normalized spacial score (nSPS) is 13.7. The average Bonchev–Trinajstić information content (AvgIpc) is 2.49. The Kier molecular flexibility index (Phi) is 5.31. The number of methoxy groups -OCH3 is 2. The molecule has 2 atom stereocenters. The summed E-state index contributed by atoms with van der Waals surface area (Å²) < 4.78 is 24.1. The zero-order valence-electron chi connectivity index (χ0n) is 12.3. The minimum atomic E-state index is -0.379. The van der Waals surface area contributed by atoms with Gasteiger partial charge in [-0.05, 0) is 29.7 Å². The van der Waals surface area contributed by atoms with Crippen LogP contribution in [-0.2, 0) is 11.2 Å². The van der Waals surface area contributed by atoms with Crippen LogP contribution in [0.4, 0.5) is 4.39 Å². The summed E-state index contributed by atoms with van der Waals surface area (Å²) in [6, 6.07) is 14.4. The van der Waals surface area contributed by atoms with E-state index in [1.165, 1.54) is 13.2 Å². The molecule has 2 aromatic rings. The van der Waals surface area contributed by atoms with Crippen molar-refractivity contribution >= 4 is 0 Å². The summed E-state index contributed by atoms with van der Waals surface area (Å²) in [5.74, 6) is -0.144. The number of rotatable bonds is 6. The molecule has 0 aromatic heterocycles. The predicted octanol–water partition coefficient (Wildman–Crippen LogP) is 3.09. The lowest BCUT2D eigenvalue weighted by atomic mass is 9.96. The van der Waals surface area contributed by atoms with Crippen molar-refractivity contribution in [3.05, 3.63) is 65.5 Å². The van der Waals surface area contributed by atoms with Gasteiger partial charge in [0, 0.05) is 13.2 Å². The lowest BCUT2D eigenvalue weighted by Crippen LogP contribution is -2.31. The molecule has 0 saturated heterocycles. The Bertz CT molecular complexity index is 574. The van der Waals surface area contributed by atoms with E-state index in [4.69, 9.17) is 15.2 Å². The first-order valence-corrected chi connectivity index (χ1v) is 6.81. The Morgan fingerprint density at radius 2 is 1.81 bits per heavy atom. The number of hydrogen-bond donors (Lipinski definition) is 1. The van der Waals surface area contributed by atoms with Crippen molar-refractivity contribution < 1.29 is 13.9 Å². The van der Waals surface area contributed by atoms with Crippen LogP contribution in [0, 0.1) is 5.82 Å². The highest BCUT2D eigenvalue weighted by atomic mass is 19.1. The van der Waals surface area contributed by atoms with Crippen molar-refractivity contribution in [2.45, 2.75) is 18.6 Å². The highest BCUT2D eigenvalue weighted by Crippen LogP contribution is 2.23. The molecule has 0 aliphatic rings. The fourth-order valence-corrected chi connectivity index (χ4v) is 2.42. The maximum absolute atomic E-state index is 13.7. The average molecular weight is 289 g/mol. The molecule has 2 rings (SSSR count). The van der Waals surface area contributed by atoms with Crippen LogP contribution in [0.15, 0.2) is 48.5 Å². The van der Waals surface area contributed by atoms with Crippen molar-refractivity contribution in [3.63, 3.8) is 0 Å². The van der Waals surface area contributed by atoms with Gasteiger partial charge in [-0.2, -0.15) is 0 Å². The maximum atomic E-state index is 13.7. The first-order valence-electron chi connectivity index (χ1n) is 6.81. The standard InChI is InChI=1S/C17H20FNO2/c1-20-16-9-8-12(10-14(16)18)11-15(19)17(21-2)13-6-4-3-5-7-13/h3-10,15,17H,11,19H2,1-2H3. The smallest absolute Gasteiger partial charge is 0.165 e. The summed E-state index contributed by atoms with van der Waals surface area (Å²) in [5.41, 5.74) is 8.07. The molecule has 0 heterocycles. The van der Waals surface area contributed by atoms with E-state index in [0.29, 0.717) is 6.42 Å². The van der Waals surface area contributed by atoms with E-state index in [9.17, 15) is 4.39 Å².